The molecule has 4 N–H and O–H groups in total. The number of benzene rings is 6. The molecule has 4 heterocycles. The van der Waals surface area contributed by atoms with E-state index in [-0.39, 0.29) is 0 Å². The highest BCUT2D eigenvalue weighted by Gasteiger charge is 2.51. The summed E-state index contributed by atoms with van der Waals surface area (Å²) >= 11 is 3.58. The molecular formula is C70H70BBrN6O6. The zero-order chi connectivity index (χ0) is 59.6. The third-order valence-electron chi connectivity index (χ3n) is 15.0. The lowest BCUT2D eigenvalue weighted by atomic mass is 9.79. The average molecular weight is 1180 g/mol. The van der Waals surface area contributed by atoms with Crippen LogP contribution in [0.5, 0.6) is 0 Å². The summed E-state index contributed by atoms with van der Waals surface area (Å²) in [6, 6.07) is 54.9. The van der Waals surface area contributed by atoms with Crippen LogP contribution < -0.4 is 21.8 Å². The van der Waals surface area contributed by atoms with Crippen LogP contribution in [0, 0.1) is 0 Å². The number of aromatic nitrogens is 3. The molecule has 4 aliphatic rings. The monoisotopic (exact) mass is 1180 g/mol. The topological polar surface area (TPSA) is 160 Å². The van der Waals surface area contributed by atoms with Gasteiger partial charge in [0.25, 0.3) is 0 Å². The van der Waals surface area contributed by atoms with Crippen molar-refractivity contribution in [2.75, 3.05) is 16.4 Å². The molecule has 13 rings (SSSR count). The Kier molecular flexibility index (Phi) is 16.8. The number of ether oxygens (including phenoxy) is 2. The molecule has 14 heteroatoms. The van der Waals surface area contributed by atoms with Crippen LogP contribution in [0.15, 0.2) is 187 Å². The van der Waals surface area contributed by atoms with Crippen LogP contribution in [0.2, 0.25) is 0 Å². The molecule has 2 amide bonds. The molecule has 1 aliphatic heterocycles. The lowest BCUT2D eigenvalue weighted by molar-refractivity contribution is 0.00578. The molecule has 9 aromatic rings. The molecule has 0 atom stereocenters. The van der Waals surface area contributed by atoms with Gasteiger partial charge < -0.3 is 24.5 Å². The molecule has 0 bridgehead atoms. The fraction of sp³-hybridized carbons (Fsp3) is 0.243. The second-order valence-electron chi connectivity index (χ2n) is 24.2. The molecule has 84 heavy (non-hydrogen) atoms. The number of nitrogen functional groups attached to an aromatic ring is 1. The maximum Gasteiger partial charge on any atom is 0.494 e. The molecule has 426 valence electrons. The number of carbonyl (C=O) groups is 2. The fourth-order valence-corrected chi connectivity index (χ4v) is 11.2. The van der Waals surface area contributed by atoms with E-state index in [0.717, 1.165) is 63.0 Å². The highest BCUT2D eigenvalue weighted by molar-refractivity contribution is 9.10. The average Bonchev–Trinajstić information content (AvgIpc) is 2.81. The van der Waals surface area contributed by atoms with Gasteiger partial charge in [-0.2, -0.15) is 0 Å². The number of hydrogen-bond acceptors (Lipinski definition) is 10. The van der Waals surface area contributed by atoms with Crippen LogP contribution in [-0.4, -0.2) is 56.7 Å². The van der Waals surface area contributed by atoms with Crippen molar-refractivity contribution >= 4 is 57.8 Å². The van der Waals surface area contributed by atoms with Crippen LogP contribution in [0.4, 0.5) is 26.7 Å². The number of nitrogens with one attached hydrogen (secondary N) is 2. The first-order chi connectivity index (χ1) is 40.0. The molecule has 6 aromatic carbocycles. The van der Waals surface area contributed by atoms with E-state index in [2.05, 4.69) is 133 Å². The van der Waals surface area contributed by atoms with Crippen LogP contribution in [-0.2, 0) is 38.0 Å². The van der Waals surface area contributed by atoms with Gasteiger partial charge in [0.05, 0.1) is 28.3 Å². The van der Waals surface area contributed by atoms with Crippen molar-refractivity contribution in [3.8, 4) is 55.6 Å². The zero-order valence-corrected chi connectivity index (χ0v) is 50.9. The standard InChI is InChI=1S/C23H22N2O2.C18H14N2.C17H26BNO4.C12H8BrN/c1-23(2,3)27-22(26)25-17-9-6-8-15(13-17)19-11-12-24-20-14-16-7-4-5-10-18(16)21(19)20;19-14-6-3-5-12(10-14)16-8-9-20-17-11-13-4-1-2-7-15(13)18(16)17;1-15(2,3)21-14(20)19-13-10-8-9-12(11-13)18-22-16(4,5)17(6,7)23-18;13-10-5-6-14-11-7-8-3-1-2-4-9(8)12(10)11/h4-13H,14H2,1-3H3,(H,25,26);1-10H,11,19H2;8-11H,1-7H3,(H,19,20);1-6H,7H2. The minimum Gasteiger partial charge on any atom is -0.444 e. The Morgan fingerprint density at radius 1 is 0.500 bits per heavy atom. The van der Waals surface area contributed by atoms with E-state index in [1.54, 1.807) is 6.07 Å². The summed E-state index contributed by atoms with van der Waals surface area (Å²) in [5, 5.41) is 5.55. The molecule has 12 nitrogen and oxygen atoms in total. The van der Waals surface area contributed by atoms with Crippen molar-refractivity contribution < 1.29 is 28.4 Å². The van der Waals surface area contributed by atoms with E-state index in [1.807, 2.05) is 155 Å². The fourth-order valence-electron chi connectivity index (χ4n) is 10.6. The third kappa shape index (κ3) is 13.5. The van der Waals surface area contributed by atoms with E-state index in [4.69, 9.17) is 24.5 Å². The summed E-state index contributed by atoms with van der Waals surface area (Å²) in [6.07, 6.45) is 7.40. The predicted octanol–water partition coefficient (Wildman–Crippen LogP) is 16.3. The minimum atomic E-state index is -0.534. The Morgan fingerprint density at radius 2 is 0.905 bits per heavy atom. The number of pyridine rings is 3. The molecule has 0 spiro atoms. The summed E-state index contributed by atoms with van der Waals surface area (Å²) in [4.78, 5) is 37.5. The van der Waals surface area contributed by atoms with Gasteiger partial charge in [-0.3, -0.25) is 25.6 Å². The van der Waals surface area contributed by atoms with E-state index in [9.17, 15) is 9.59 Å². The Balaban J connectivity index is 0.000000127. The normalized spacial score (nSPS) is 14.2. The van der Waals surface area contributed by atoms with E-state index < -0.39 is 41.7 Å². The largest absolute Gasteiger partial charge is 0.494 e. The molecule has 3 aliphatic carbocycles. The van der Waals surface area contributed by atoms with Gasteiger partial charge >= 0.3 is 19.3 Å². The highest BCUT2D eigenvalue weighted by Crippen LogP contribution is 2.44. The Labute approximate surface area is 501 Å². The quantitative estimate of drug-likeness (QED) is 0.112. The molecule has 1 fully saturated rings. The van der Waals surface area contributed by atoms with Crippen molar-refractivity contribution in [2.45, 2.75) is 111 Å². The maximum atomic E-state index is 12.1. The van der Waals surface area contributed by atoms with Gasteiger partial charge in [0.2, 0.25) is 0 Å². The van der Waals surface area contributed by atoms with Gasteiger partial charge in [-0.05, 0) is 185 Å². The predicted molar refractivity (Wildman–Crippen MR) is 342 cm³/mol. The van der Waals surface area contributed by atoms with Gasteiger partial charge in [-0.1, -0.05) is 125 Å². The summed E-state index contributed by atoms with van der Waals surface area (Å²) in [5.74, 6) is 0. The van der Waals surface area contributed by atoms with Crippen LogP contribution in [0.1, 0.15) is 103 Å². The number of fused-ring (bicyclic) bond motifs is 9. The summed E-state index contributed by atoms with van der Waals surface area (Å²) in [7, 11) is -0.458. The smallest absolute Gasteiger partial charge is 0.444 e. The number of amides is 2. The molecule has 0 radical (unpaired) electrons. The minimum absolute atomic E-state index is 0.397. The molecule has 0 saturated carbocycles. The first-order valence-corrected chi connectivity index (χ1v) is 29.0. The molecular weight excluding hydrogens is 1110 g/mol. The molecule has 3 aromatic heterocycles. The summed E-state index contributed by atoms with van der Waals surface area (Å²) in [6.45, 7) is 19.1. The second-order valence-corrected chi connectivity index (χ2v) is 25.0. The highest BCUT2D eigenvalue weighted by atomic mass is 79.9. The first-order valence-electron chi connectivity index (χ1n) is 28.2. The Hall–Kier alpha value is -8.43. The van der Waals surface area contributed by atoms with Gasteiger partial charge in [0, 0.05) is 76.1 Å². The van der Waals surface area contributed by atoms with Crippen molar-refractivity contribution in [3.05, 3.63) is 221 Å². The second kappa shape index (κ2) is 24.0. The van der Waals surface area contributed by atoms with Crippen molar-refractivity contribution in [1.82, 2.24) is 15.0 Å². The van der Waals surface area contributed by atoms with Crippen LogP contribution >= 0.6 is 15.9 Å². The summed E-state index contributed by atoms with van der Waals surface area (Å²) < 4.78 is 23.8. The number of carbonyl (C=O) groups excluding carboxylic acids is 2. The van der Waals surface area contributed by atoms with Crippen molar-refractivity contribution in [3.63, 3.8) is 0 Å². The SMILES string of the molecule is Brc1ccnc2c1-c1ccccc1C2.CC(C)(C)OC(=O)Nc1cccc(-c2ccnc3c2-c2ccccc2C3)c1.CC(C)(C)OC(=O)Nc1cccc(B2OC(C)(C)C(C)(C)O2)c1.Nc1cccc(-c2ccnc3c2-c2ccccc2C3)c1. The molecule has 0 unspecified atom stereocenters. The lowest BCUT2D eigenvalue weighted by Crippen LogP contribution is -2.41. The number of anilines is 3. The molecule has 1 saturated heterocycles. The van der Waals surface area contributed by atoms with Crippen molar-refractivity contribution in [1.29, 1.82) is 0 Å². The Bertz CT molecular complexity index is 3910. The van der Waals surface area contributed by atoms with E-state index in [0.29, 0.717) is 11.4 Å². The number of halogens is 1. The summed E-state index contributed by atoms with van der Waals surface area (Å²) in [5.41, 5.74) is 26.6. The van der Waals surface area contributed by atoms with Gasteiger partial charge in [0.1, 0.15) is 11.2 Å². The Morgan fingerprint density at radius 3 is 1.38 bits per heavy atom. The number of hydrogen-bond donors (Lipinski definition) is 3. The van der Waals surface area contributed by atoms with E-state index in [1.165, 1.54) is 61.3 Å². The third-order valence-corrected chi connectivity index (χ3v) is 15.7. The van der Waals surface area contributed by atoms with Crippen molar-refractivity contribution in [2.24, 2.45) is 0 Å². The maximum absolute atomic E-state index is 12.1. The number of rotatable bonds is 5. The van der Waals surface area contributed by atoms with Gasteiger partial charge in [-0.15, -0.1) is 0 Å². The van der Waals surface area contributed by atoms with E-state index >= 15 is 0 Å². The van der Waals surface area contributed by atoms with Crippen LogP contribution in [0.25, 0.3) is 55.6 Å². The van der Waals surface area contributed by atoms with Gasteiger partial charge in [0.15, 0.2) is 0 Å². The van der Waals surface area contributed by atoms with Gasteiger partial charge in [-0.25, -0.2) is 9.59 Å². The lowest BCUT2D eigenvalue weighted by Gasteiger charge is -2.32. The zero-order valence-electron chi connectivity index (χ0n) is 49.3. The number of nitrogens with zero attached hydrogens (tertiary/aromatic N) is 3. The number of nitrogens with two attached hydrogens (primary N) is 1. The van der Waals surface area contributed by atoms with Crippen LogP contribution in [0.3, 0.4) is 0 Å². The first kappa shape index (κ1) is 58.8.